The summed E-state index contributed by atoms with van der Waals surface area (Å²) in [6.07, 6.45) is 1.27. The van der Waals surface area contributed by atoms with E-state index >= 15 is 0 Å². The molecule has 0 amide bonds. The van der Waals surface area contributed by atoms with Crippen molar-refractivity contribution in [2.75, 3.05) is 19.6 Å². The van der Waals surface area contributed by atoms with Gasteiger partial charge in [0.05, 0.1) is 0 Å². The van der Waals surface area contributed by atoms with E-state index < -0.39 is 0 Å². The molecule has 98 valence electrons. The highest BCUT2D eigenvalue weighted by atomic mass is 15.2. The van der Waals surface area contributed by atoms with Gasteiger partial charge < -0.3 is 5.32 Å². The highest BCUT2D eigenvalue weighted by Crippen LogP contribution is 2.08. The lowest BCUT2D eigenvalue weighted by Gasteiger charge is -2.32. The molecule has 0 rings (SSSR count). The topological polar surface area (TPSA) is 15.3 Å². The van der Waals surface area contributed by atoms with E-state index in [0.717, 1.165) is 19.0 Å². The summed E-state index contributed by atoms with van der Waals surface area (Å²) >= 11 is 0. The molecular formula is C14H32N2. The maximum Gasteiger partial charge on any atom is 0.0192 e. The first kappa shape index (κ1) is 15.9. The molecule has 0 fully saturated rings. The van der Waals surface area contributed by atoms with Crippen LogP contribution in [0, 0.1) is 5.92 Å². The Labute approximate surface area is 103 Å². The number of hydrogen-bond donors (Lipinski definition) is 1. The Kier molecular flexibility index (Phi) is 7.25. The van der Waals surface area contributed by atoms with Gasteiger partial charge in [-0.25, -0.2) is 0 Å². The maximum atomic E-state index is 3.59. The van der Waals surface area contributed by atoms with Crippen LogP contribution in [0.15, 0.2) is 0 Å². The Morgan fingerprint density at radius 3 is 2.06 bits per heavy atom. The molecular weight excluding hydrogens is 196 g/mol. The molecule has 0 aliphatic heterocycles. The Hall–Kier alpha value is -0.0800. The minimum Gasteiger partial charge on any atom is -0.311 e. The fourth-order valence-corrected chi connectivity index (χ4v) is 1.73. The SMILES string of the molecule is CCC(C)CN(CC)C(C)CNC(C)(C)C. The van der Waals surface area contributed by atoms with Crippen molar-refractivity contribution >= 4 is 0 Å². The standard InChI is InChI=1S/C14H32N2/c1-8-12(3)11-16(9-2)13(4)10-15-14(5,6)7/h12-13,15H,8-11H2,1-7H3. The Morgan fingerprint density at radius 2 is 1.69 bits per heavy atom. The second-order valence-electron chi connectivity index (χ2n) is 6.08. The van der Waals surface area contributed by atoms with E-state index in [9.17, 15) is 0 Å². The fourth-order valence-electron chi connectivity index (χ4n) is 1.73. The van der Waals surface area contributed by atoms with Crippen molar-refractivity contribution < 1.29 is 0 Å². The molecule has 1 N–H and O–H groups in total. The number of hydrogen-bond acceptors (Lipinski definition) is 2. The molecule has 2 unspecified atom stereocenters. The summed E-state index contributed by atoms with van der Waals surface area (Å²) in [5.41, 5.74) is 0.226. The average Bonchev–Trinajstić information content (AvgIpc) is 2.21. The van der Waals surface area contributed by atoms with E-state index in [2.05, 4.69) is 58.7 Å². The molecule has 0 saturated carbocycles. The summed E-state index contributed by atoms with van der Waals surface area (Å²) in [5.74, 6) is 0.803. The first-order valence-electron chi connectivity index (χ1n) is 6.79. The second kappa shape index (κ2) is 7.29. The smallest absolute Gasteiger partial charge is 0.0192 e. The monoisotopic (exact) mass is 228 g/mol. The Bertz CT molecular complexity index is 172. The molecule has 0 saturated heterocycles. The van der Waals surface area contributed by atoms with Crippen molar-refractivity contribution in [2.45, 2.75) is 66.5 Å². The maximum absolute atomic E-state index is 3.59. The number of likely N-dealkylation sites (N-methyl/N-ethyl adjacent to an activating group) is 1. The van der Waals surface area contributed by atoms with Crippen LogP contribution in [-0.2, 0) is 0 Å². The molecule has 0 aromatic heterocycles. The lowest BCUT2D eigenvalue weighted by atomic mass is 10.1. The van der Waals surface area contributed by atoms with Gasteiger partial charge in [-0.15, -0.1) is 0 Å². The van der Waals surface area contributed by atoms with Crippen molar-refractivity contribution in [3.63, 3.8) is 0 Å². The molecule has 16 heavy (non-hydrogen) atoms. The van der Waals surface area contributed by atoms with Gasteiger partial charge in [-0.1, -0.05) is 27.2 Å². The Morgan fingerprint density at radius 1 is 1.12 bits per heavy atom. The summed E-state index contributed by atoms with van der Waals surface area (Å²) in [7, 11) is 0. The largest absolute Gasteiger partial charge is 0.311 e. The fraction of sp³-hybridized carbons (Fsp3) is 1.00. The van der Waals surface area contributed by atoms with Crippen molar-refractivity contribution in [3.05, 3.63) is 0 Å². The predicted octanol–water partition coefficient (Wildman–Crippen LogP) is 3.13. The first-order chi connectivity index (χ1) is 7.30. The molecule has 0 heterocycles. The van der Waals surface area contributed by atoms with Crippen LogP contribution in [0.4, 0.5) is 0 Å². The minimum absolute atomic E-state index is 0.226. The van der Waals surface area contributed by atoms with E-state index in [1.165, 1.54) is 13.0 Å². The van der Waals surface area contributed by atoms with Crippen LogP contribution >= 0.6 is 0 Å². The van der Waals surface area contributed by atoms with Crippen molar-refractivity contribution in [1.82, 2.24) is 10.2 Å². The van der Waals surface area contributed by atoms with Crippen LogP contribution in [0.5, 0.6) is 0 Å². The summed E-state index contributed by atoms with van der Waals surface area (Å²) in [6, 6.07) is 0.623. The van der Waals surface area contributed by atoms with Crippen molar-refractivity contribution in [1.29, 1.82) is 0 Å². The van der Waals surface area contributed by atoms with Crippen LogP contribution in [-0.4, -0.2) is 36.1 Å². The molecule has 0 aliphatic carbocycles. The third kappa shape index (κ3) is 7.24. The van der Waals surface area contributed by atoms with Gasteiger partial charge in [-0.05, 0) is 40.2 Å². The van der Waals surface area contributed by atoms with Crippen LogP contribution in [0.3, 0.4) is 0 Å². The van der Waals surface area contributed by atoms with Gasteiger partial charge >= 0.3 is 0 Å². The second-order valence-corrected chi connectivity index (χ2v) is 6.08. The number of rotatable bonds is 7. The summed E-state index contributed by atoms with van der Waals surface area (Å²) in [6.45, 7) is 19.3. The highest BCUT2D eigenvalue weighted by molar-refractivity contribution is 4.76. The third-order valence-electron chi connectivity index (χ3n) is 3.20. The van der Waals surface area contributed by atoms with Gasteiger partial charge in [0.25, 0.3) is 0 Å². The van der Waals surface area contributed by atoms with Crippen LogP contribution in [0.2, 0.25) is 0 Å². The van der Waals surface area contributed by atoms with Gasteiger partial charge in [0, 0.05) is 24.7 Å². The molecule has 0 aliphatic rings. The van der Waals surface area contributed by atoms with Crippen LogP contribution in [0.25, 0.3) is 0 Å². The normalized spacial score (nSPS) is 16.5. The van der Waals surface area contributed by atoms with Crippen LogP contribution in [0.1, 0.15) is 54.9 Å². The number of nitrogens with one attached hydrogen (secondary N) is 1. The highest BCUT2D eigenvalue weighted by Gasteiger charge is 2.16. The molecule has 2 nitrogen and oxygen atoms in total. The van der Waals surface area contributed by atoms with Gasteiger partial charge in [-0.2, -0.15) is 0 Å². The molecule has 0 aromatic carbocycles. The van der Waals surface area contributed by atoms with E-state index in [4.69, 9.17) is 0 Å². The molecule has 2 heteroatoms. The summed E-state index contributed by atoms with van der Waals surface area (Å²) < 4.78 is 0. The lowest BCUT2D eigenvalue weighted by Crippen LogP contribution is -2.47. The zero-order valence-electron chi connectivity index (χ0n) is 12.4. The van der Waals surface area contributed by atoms with Crippen molar-refractivity contribution in [3.8, 4) is 0 Å². The van der Waals surface area contributed by atoms with Crippen LogP contribution < -0.4 is 5.32 Å². The van der Waals surface area contributed by atoms with Gasteiger partial charge in [0.15, 0.2) is 0 Å². The first-order valence-corrected chi connectivity index (χ1v) is 6.79. The summed E-state index contributed by atoms with van der Waals surface area (Å²) in [4.78, 5) is 2.58. The van der Waals surface area contributed by atoms with Gasteiger partial charge in [-0.3, -0.25) is 4.90 Å². The van der Waals surface area contributed by atoms with Gasteiger partial charge in [0.2, 0.25) is 0 Å². The van der Waals surface area contributed by atoms with E-state index in [1.54, 1.807) is 0 Å². The quantitative estimate of drug-likeness (QED) is 0.720. The zero-order valence-corrected chi connectivity index (χ0v) is 12.4. The summed E-state index contributed by atoms with van der Waals surface area (Å²) in [5, 5.41) is 3.59. The van der Waals surface area contributed by atoms with E-state index in [0.29, 0.717) is 6.04 Å². The Balaban J connectivity index is 4.05. The van der Waals surface area contributed by atoms with E-state index in [-0.39, 0.29) is 5.54 Å². The third-order valence-corrected chi connectivity index (χ3v) is 3.20. The van der Waals surface area contributed by atoms with Crippen molar-refractivity contribution in [2.24, 2.45) is 5.92 Å². The molecule has 0 spiro atoms. The van der Waals surface area contributed by atoms with Gasteiger partial charge in [0.1, 0.15) is 0 Å². The molecule has 0 radical (unpaired) electrons. The number of nitrogens with zero attached hydrogens (tertiary/aromatic N) is 1. The molecule has 2 atom stereocenters. The zero-order chi connectivity index (χ0) is 12.8. The molecule has 0 bridgehead atoms. The predicted molar refractivity (Wildman–Crippen MR) is 73.9 cm³/mol. The lowest BCUT2D eigenvalue weighted by molar-refractivity contribution is 0.177. The molecule has 0 aromatic rings. The average molecular weight is 228 g/mol. The van der Waals surface area contributed by atoms with E-state index in [1.807, 2.05) is 0 Å². The minimum atomic E-state index is 0.226.